The van der Waals surface area contributed by atoms with E-state index in [1.54, 1.807) is 0 Å². The normalized spacial score (nSPS) is 15.2. The van der Waals surface area contributed by atoms with E-state index >= 15 is 0 Å². The Morgan fingerprint density at radius 1 is 1.30 bits per heavy atom. The SMILES string of the molecule is COC(=O)CCNCc1ccc(N2CCOCC2)cc1. The highest BCUT2D eigenvalue weighted by molar-refractivity contribution is 5.69. The third kappa shape index (κ3) is 4.51. The van der Waals surface area contributed by atoms with E-state index in [9.17, 15) is 4.79 Å². The summed E-state index contributed by atoms with van der Waals surface area (Å²) in [4.78, 5) is 13.3. The van der Waals surface area contributed by atoms with E-state index < -0.39 is 0 Å². The molecule has 0 atom stereocenters. The number of carbonyl (C=O) groups is 1. The minimum atomic E-state index is -0.180. The summed E-state index contributed by atoms with van der Waals surface area (Å²) < 4.78 is 9.94. The molecule has 0 saturated carbocycles. The van der Waals surface area contributed by atoms with E-state index in [2.05, 4.69) is 39.2 Å². The van der Waals surface area contributed by atoms with Gasteiger partial charge < -0.3 is 19.7 Å². The maximum atomic E-state index is 11.0. The van der Waals surface area contributed by atoms with Gasteiger partial charge in [0.15, 0.2) is 0 Å². The Balaban J connectivity index is 1.75. The van der Waals surface area contributed by atoms with E-state index in [-0.39, 0.29) is 5.97 Å². The maximum Gasteiger partial charge on any atom is 0.306 e. The standard InChI is InChI=1S/C15H22N2O3/c1-19-15(18)6-7-16-12-13-2-4-14(5-3-13)17-8-10-20-11-9-17/h2-5,16H,6-12H2,1H3. The van der Waals surface area contributed by atoms with Crippen molar-refractivity contribution < 1.29 is 14.3 Å². The molecule has 0 bridgehead atoms. The highest BCUT2D eigenvalue weighted by Gasteiger charge is 2.10. The van der Waals surface area contributed by atoms with E-state index in [1.165, 1.54) is 18.4 Å². The second-order valence-corrected chi connectivity index (χ2v) is 4.77. The fourth-order valence-corrected chi connectivity index (χ4v) is 2.17. The van der Waals surface area contributed by atoms with Crippen LogP contribution in [-0.2, 0) is 20.8 Å². The molecule has 1 aromatic carbocycles. The predicted octanol–water partition coefficient (Wildman–Crippen LogP) is 1.18. The van der Waals surface area contributed by atoms with Crippen LogP contribution in [0, 0.1) is 0 Å². The molecule has 20 heavy (non-hydrogen) atoms. The molecule has 5 heteroatoms. The number of hydrogen-bond donors (Lipinski definition) is 1. The number of rotatable bonds is 6. The number of carbonyl (C=O) groups excluding carboxylic acids is 1. The van der Waals surface area contributed by atoms with Crippen LogP contribution in [0.1, 0.15) is 12.0 Å². The van der Waals surface area contributed by atoms with Gasteiger partial charge in [0.1, 0.15) is 0 Å². The number of nitrogens with one attached hydrogen (secondary N) is 1. The summed E-state index contributed by atoms with van der Waals surface area (Å²) in [5.41, 5.74) is 2.46. The van der Waals surface area contributed by atoms with Crippen LogP contribution in [0.4, 0.5) is 5.69 Å². The largest absolute Gasteiger partial charge is 0.469 e. The molecule has 1 heterocycles. The molecule has 1 saturated heterocycles. The summed E-state index contributed by atoms with van der Waals surface area (Å²) in [5.74, 6) is -0.180. The van der Waals surface area contributed by atoms with E-state index in [0.29, 0.717) is 13.0 Å². The summed E-state index contributed by atoms with van der Waals surface area (Å²) in [7, 11) is 1.41. The second kappa shape index (κ2) is 7.87. The van der Waals surface area contributed by atoms with Crippen molar-refractivity contribution >= 4 is 11.7 Å². The Labute approximate surface area is 119 Å². The predicted molar refractivity (Wildman–Crippen MR) is 77.8 cm³/mol. The highest BCUT2D eigenvalue weighted by atomic mass is 16.5. The van der Waals surface area contributed by atoms with Crippen molar-refractivity contribution in [1.29, 1.82) is 0 Å². The van der Waals surface area contributed by atoms with Gasteiger partial charge >= 0.3 is 5.97 Å². The van der Waals surface area contributed by atoms with Crippen molar-refractivity contribution in [3.8, 4) is 0 Å². The van der Waals surface area contributed by atoms with E-state index in [1.807, 2.05) is 0 Å². The van der Waals surface area contributed by atoms with Gasteiger partial charge in [0.2, 0.25) is 0 Å². The first-order valence-corrected chi connectivity index (χ1v) is 6.99. The van der Waals surface area contributed by atoms with Crippen molar-refractivity contribution in [2.75, 3.05) is 44.9 Å². The van der Waals surface area contributed by atoms with E-state index in [4.69, 9.17) is 4.74 Å². The molecule has 2 rings (SSSR count). The van der Waals surface area contributed by atoms with Crippen LogP contribution in [0.15, 0.2) is 24.3 Å². The fourth-order valence-electron chi connectivity index (χ4n) is 2.17. The molecular weight excluding hydrogens is 256 g/mol. The van der Waals surface area contributed by atoms with Gasteiger partial charge in [-0.25, -0.2) is 0 Å². The van der Waals surface area contributed by atoms with Gasteiger partial charge in [-0.05, 0) is 17.7 Å². The number of hydrogen-bond acceptors (Lipinski definition) is 5. The Morgan fingerprint density at radius 3 is 2.65 bits per heavy atom. The van der Waals surface area contributed by atoms with Crippen LogP contribution in [0.2, 0.25) is 0 Å². The molecule has 0 aromatic heterocycles. The fraction of sp³-hybridized carbons (Fsp3) is 0.533. The van der Waals surface area contributed by atoms with Crippen molar-refractivity contribution in [3.63, 3.8) is 0 Å². The minimum absolute atomic E-state index is 0.180. The number of benzene rings is 1. The van der Waals surface area contributed by atoms with Crippen molar-refractivity contribution in [3.05, 3.63) is 29.8 Å². The van der Waals surface area contributed by atoms with Crippen LogP contribution in [0.3, 0.4) is 0 Å². The molecule has 1 N–H and O–H groups in total. The van der Waals surface area contributed by atoms with Gasteiger partial charge in [-0.15, -0.1) is 0 Å². The molecule has 1 fully saturated rings. The number of anilines is 1. The Hall–Kier alpha value is -1.59. The maximum absolute atomic E-state index is 11.0. The van der Waals surface area contributed by atoms with Crippen LogP contribution in [0.25, 0.3) is 0 Å². The van der Waals surface area contributed by atoms with E-state index in [0.717, 1.165) is 32.8 Å². The average molecular weight is 278 g/mol. The average Bonchev–Trinajstić information content (AvgIpc) is 2.52. The highest BCUT2D eigenvalue weighted by Crippen LogP contribution is 2.16. The Kier molecular flexibility index (Phi) is 5.83. The molecule has 1 aliphatic rings. The number of morpholine rings is 1. The smallest absolute Gasteiger partial charge is 0.306 e. The minimum Gasteiger partial charge on any atom is -0.469 e. The van der Waals surface area contributed by atoms with Crippen LogP contribution in [-0.4, -0.2) is 45.9 Å². The molecule has 1 aromatic rings. The lowest BCUT2D eigenvalue weighted by Crippen LogP contribution is -2.36. The van der Waals surface area contributed by atoms with Gasteiger partial charge in [0, 0.05) is 31.9 Å². The first kappa shape index (κ1) is 14.8. The molecule has 0 radical (unpaired) electrons. The van der Waals surface area contributed by atoms with Crippen LogP contribution >= 0.6 is 0 Å². The van der Waals surface area contributed by atoms with Crippen molar-refractivity contribution in [2.45, 2.75) is 13.0 Å². The lowest BCUT2D eigenvalue weighted by molar-refractivity contribution is -0.140. The number of ether oxygens (including phenoxy) is 2. The number of esters is 1. The monoisotopic (exact) mass is 278 g/mol. The first-order valence-electron chi connectivity index (χ1n) is 6.99. The summed E-state index contributed by atoms with van der Waals surface area (Å²) in [6, 6.07) is 8.52. The molecule has 0 aliphatic carbocycles. The molecular formula is C15H22N2O3. The van der Waals surface area contributed by atoms with Crippen LogP contribution in [0.5, 0.6) is 0 Å². The summed E-state index contributed by atoms with van der Waals surface area (Å²) in [6.07, 6.45) is 0.405. The topological polar surface area (TPSA) is 50.8 Å². The summed E-state index contributed by atoms with van der Waals surface area (Å²) in [6.45, 7) is 4.92. The Bertz CT molecular complexity index is 414. The lowest BCUT2D eigenvalue weighted by Gasteiger charge is -2.28. The third-order valence-corrected chi connectivity index (χ3v) is 3.38. The molecule has 0 unspecified atom stereocenters. The zero-order valence-corrected chi connectivity index (χ0v) is 11.9. The van der Waals surface area contributed by atoms with Crippen molar-refractivity contribution in [1.82, 2.24) is 5.32 Å². The molecule has 0 spiro atoms. The molecule has 1 aliphatic heterocycles. The molecule has 5 nitrogen and oxygen atoms in total. The quantitative estimate of drug-likeness (QED) is 0.625. The van der Waals surface area contributed by atoms with Crippen molar-refractivity contribution in [2.24, 2.45) is 0 Å². The van der Waals surface area contributed by atoms with Gasteiger partial charge in [-0.2, -0.15) is 0 Å². The second-order valence-electron chi connectivity index (χ2n) is 4.77. The third-order valence-electron chi connectivity index (χ3n) is 3.38. The van der Waals surface area contributed by atoms with Crippen LogP contribution < -0.4 is 10.2 Å². The zero-order valence-electron chi connectivity index (χ0n) is 11.9. The number of nitrogens with zero attached hydrogens (tertiary/aromatic N) is 1. The lowest BCUT2D eigenvalue weighted by atomic mass is 10.2. The van der Waals surface area contributed by atoms with Gasteiger partial charge in [-0.3, -0.25) is 4.79 Å². The van der Waals surface area contributed by atoms with Gasteiger partial charge in [0.25, 0.3) is 0 Å². The summed E-state index contributed by atoms with van der Waals surface area (Å²) >= 11 is 0. The molecule has 110 valence electrons. The van der Waals surface area contributed by atoms with Gasteiger partial charge in [-0.1, -0.05) is 12.1 Å². The first-order chi connectivity index (χ1) is 9.79. The Morgan fingerprint density at radius 2 is 2.00 bits per heavy atom. The number of methoxy groups -OCH3 is 1. The van der Waals surface area contributed by atoms with Gasteiger partial charge in [0.05, 0.1) is 26.7 Å². The summed E-state index contributed by atoms with van der Waals surface area (Å²) in [5, 5.41) is 3.23. The molecule has 0 amide bonds. The zero-order chi connectivity index (χ0) is 14.2.